The Morgan fingerprint density at radius 2 is 1.89 bits per heavy atom. The summed E-state index contributed by atoms with van der Waals surface area (Å²) in [6.45, 7) is 1.80. The zero-order valence-electron chi connectivity index (χ0n) is 19.4. The molecule has 7 nitrogen and oxygen atoms in total. The topological polar surface area (TPSA) is 119 Å². The maximum absolute atomic E-state index is 12.9. The molecular formula is C26H27N3O4S2. The van der Waals surface area contributed by atoms with Crippen LogP contribution in [0.3, 0.4) is 0 Å². The van der Waals surface area contributed by atoms with Gasteiger partial charge in [0.1, 0.15) is 11.1 Å². The van der Waals surface area contributed by atoms with Crippen molar-refractivity contribution < 1.29 is 19.5 Å². The van der Waals surface area contributed by atoms with E-state index < -0.39 is 23.1 Å². The molecular weight excluding hydrogens is 482 g/mol. The summed E-state index contributed by atoms with van der Waals surface area (Å²) in [6.07, 6.45) is 8.41. The fourth-order valence-electron chi connectivity index (χ4n) is 4.50. The highest BCUT2D eigenvalue weighted by atomic mass is 32.2. The van der Waals surface area contributed by atoms with Crippen molar-refractivity contribution in [1.82, 2.24) is 0 Å². The van der Waals surface area contributed by atoms with Gasteiger partial charge >= 0.3 is 5.97 Å². The standard InChI is InChI=1S/C26H27N3O4S2/c1-15(23(30)29-25-21(14-27)18-9-4-5-12-22(18)35-25)34-17-8-6-7-16(13-17)28-24(31)19-10-2-3-11-20(19)26(32)33/h2-3,6-8,13,15,19-20H,4-5,9-12H2,1H3,(H,28,31)(H,29,30)(H,32,33). The quantitative estimate of drug-likeness (QED) is 0.348. The molecule has 3 N–H and O–H groups in total. The minimum absolute atomic E-state index is 0.183. The number of nitrogens with zero attached hydrogens (tertiary/aromatic N) is 1. The molecule has 3 atom stereocenters. The minimum atomic E-state index is -0.968. The molecule has 0 radical (unpaired) electrons. The van der Waals surface area contributed by atoms with E-state index in [0.29, 0.717) is 29.1 Å². The van der Waals surface area contributed by atoms with Crippen LogP contribution in [-0.2, 0) is 27.2 Å². The number of rotatable bonds is 7. The van der Waals surface area contributed by atoms with Gasteiger partial charge in [0, 0.05) is 15.5 Å². The van der Waals surface area contributed by atoms with Crippen molar-refractivity contribution in [3.63, 3.8) is 0 Å². The van der Waals surface area contributed by atoms with Crippen molar-refractivity contribution in [3.8, 4) is 6.07 Å². The summed E-state index contributed by atoms with van der Waals surface area (Å²) in [7, 11) is 0. The molecule has 2 amide bonds. The Labute approximate surface area is 212 Å². The number of thiophene rings is 1. The normalized spacial score (nSPS) is 19.8. The van der Waals surface area contributed by atoms with Gasteiger partial charge in [-0.1, -0.05) is 18.2 Å². The monoisotopic (exact) mass is 509 g/mol. The summed E-state index contributed by atoms with van der Waals surface area (Å²) < 4.78 is 0. The average Bonchev–Trinajstić information content (AvgIpc) is 3.21. The fraction of sp³-hybridized carbons (Fsp3) is 0.385. The Kier molecular flexibility index (Phi) is 7.93. The van der Waals surface area contributed by atoms with E-state index in [1.165, 1.54) is 28.0 Å². The summed E-state index contributed by atoms with van der Waals surface area (Å²) in [5, 5.41) is 25.0. The molecule has 0 bridgehead atoms. The van der Waals surface area contributed by atoms with Crippen molar-refractivity contribution in [3.05, 3.63) is 52.4 Å². The molecule has 2 aliphatic carbocycles. The molecule has 3 unspecified atom stereocenters. The van der Waals surface area contributed by atoms with Crippen LogP contribution in [0.25, 0.3) is 0 Å². The van der Waals surface area contributed by atoms with Gasteiger partial charge in [-0.05, 0) is 69.2 Å². The highest BCUT2D eigenvalue weighted by molar-refractivity contribution is 8.00. The molecule has 0 saturated heterocycles. The van der Waals surface area contributed by atoms with Gasteiger partial charge in [-0.2, -0.15) is 5.26 Å². The van der Waals surface area contributed by atoms with E-state index in [1.54, 1.807) is 31.2 Å². The first-order valence-electron chi connectivity index (χ1n) is 11.7. The summed E-state index contributed by atoms with van der Waals surface area (Å²) in [5.74, 6) is -2.82. The summed E-state index contributed by atoms with van der Waals surface area (Å²) in [5.41, 5.74) is 2.24. The molecule has 1 aromatic carbocycles. The van der Waals surface area contributed by atoms with Crippen LogP contribution in [0.15, 0.2) is 41.3 Å². The van der Waals surface area contributed by atoms with Gasteiger partial charge in [0.05, 0.1) is 22.6 Å². The van der Waals surface area contributed by atoms with Crippen LogP contribution >= 0.6 is 23.1 Å². The van der Waals surface area contributed by atoms with Crippen LogP contribution in [0.1, 0.15) is 48.6 Å². The molecule has 2 aromatic rings. The second kappa shape index (κ2) is 11.1. The number of carboxylic acids is 1. The number of fused-ring (bicyclic) bond motifs is 1. The van der Waals surface area contributed by atoms with Crippen molar-refractivity contribution in [2.45, 2.75) is 55.6 Å². The molecule has 0 fully saturated rings. The number of hydrogen-bond acceptors (Lipinski definition) is 6. The van der Waals surface area contributed by atoms with Crippen LogP contribution in [0.4, 0.5) is 10.7 Å². The predicted octanol–water partition coefficient (Wildman–Crippen LogP) is 5.22. The third-order valence-corrected chi connectivity index (χ3v) is 8.69. The number of nitriles is 1. The van der Waals surface area contributed by atoms with Gasteiger partial charge in [-0.15, -0.1) is 23.1 Å². The van der Waals surface area contributed by atoms with Gasteiger partial charge in [0.2, 0.25) is 11.8 Å². The fourth-order valence-corrected chi connectivity index (χ4v) is 6.67. The van der Waals surface area contributed by atoms with Crippen LogP contribution in [0.5, 0.6) is 0 Å². The highest BCUT2D eigenvalue weighted by Crippen LogP contribution is 2.38. The highest BCUT2D eigenvalue weighted by Gasteiger charge is 2.34. The molecule has 35 heavy (non-hydrogen) atoms. The maximum atomic E-state index is 12.9. The second-order valence-corrected chi connectivity index (χ2v) is 11.3. The summed E-state index contributed by atoms with van der Waals surface area (Å²) in [6, 6.07) is 9.45. The summed E-state index contributed by atoms with van der Waals surface area (Å²) in [4.78, 5) is 39.2. The van der Waals surface area contributed by atoms with E-state index in [-0.39, 0.29) is 11.8 Å². The molecule has 1 aromatic heterocycles. The third kappa shape index (κ3) is 5.77. The molecule has 1 heterocycles. The Bertz CT molecular complexity index is 1210. The first-order chi connectivity index (χ1) is 16.9. The zero-order valence-corrected chi connectivity index (χ0v) is 21.0. The molecule has 182 valence electrons. The lowest BCUT2D eigenvalue weighted by atomic mass is 9.82. The summed E-state index contributed by atoms with van der Waals surface area (Å²) >= 11 is 2.86. The SMILES string of the molecule is CC(Sc1cccc(NC(=O)C2CC=CCC2C(=O)O)c1)C(=O)Nc1sc2c(c1C#N)CCCC2. The van der Waals surface area contributed by atoms with Gasteiger partial charge in [0.25, 0.3) is 0 Å². The number of nitrogens with one attached hydrogen (secondary N) is 2. The Morgan fingerprint density at radius 1 is 1.14 bits per heavy atom. The molecule has 0 spiro atoms. The number of anilines is 2. The van der Waals surface area contributed by atoms with E-state index in [0.717, 1.165) is 36.1 Å². The molecule has 2 aliphatic rings. The molecule has 4 rings (SSSR count). The number of aliphatic carboxylic acids is 1. The first-order valence-corrected chi connectivity index (χ1v) is 13.4. The van der Waals surface area contributed by atoms with Gasteiger partial charge < -0.3 is 15.7 Å². The van der Waals surface area contributed by atoms with Crippen LogP contribution in [-0.4, -0.2) is 28.1 Å². The van der Waals surface area contributed by atoms with Gasteiger partial charge in [0.15, 0.2) is 0 Å². The lowest BCUT2D eigenvalue weighted by Gasteiger charge is -2.24. The molecule has 9 heteroatoms. The van der Waals surface area contributed by atoms with E-state index in [9.17, 15) is 24.8 Å². The number of carboxylic acid groups (broad SMARTS) is 1. The van der Waals surface area contributed by atoms with Crippen molar-refractivity contribution in [1.29, 1.82) is 5.26 Å². The van der Waals surface area contributed by atoms with Crippen molar-refractivity contribution >= 4 is 51.6 Å². The van der Waals surface area contributed by atoms with Crippen molar-refractivity contribution in [2.75, 3.05) is 10.6 Å². The molecule has 0 saturated carbocycles. The number of amides is 2. The van der Waals surface area contributed by atoms with E-state index in [1.807, 2.05) is 12.1 Å². The molecule has 0 aliphatic heterocycles. The van der Waals surface area contributed by atoms with E-state index in [4.69, 9.17) is 0 Å². The predicted molar refractivity (Wildman–Crippen MR) is 138 cm³/mol. The van der Waals surface area contributed by atoms with Crippen LogP contribution in [0.2, 0.25) is 0 Å². The van der Waals surface area contributed by atoms with Crippen molar-refractivity contribution in [2.24, 2.45) is 11.8 Å². The Balaban J connectivity index is 1.39. The smallest absolute Gasteiger partial charge is 0.307 e. The Morgan fingerprint density at radius 3 is 2.63 bits per heavy atom. The number of carbonyl (C=O) groups is 3. The van der Waals surface area contributed by atoms with E-state index >= 15 is 0 Å². The van der Waals surface area contributed by atoms with Crippen LogP contribution in [0, 0.1) is 23.2 Å². The first kappa shape index (κ1) is 25.0. The average molecular weight is 510 g/mol. The lowest BCUT2D eigenvalue weighted by molar-refractivity contribution is -0.146. The lowest BCUT2D eigenvalue weighted by Crippen LogP contribution is -2.34. The second-order valence-electron chi connectivity index (χ2n) is 8.79. The Hall–Kier alpha value is -3.09. The zero-order chi connectivity index (χ0) is 24.9. The minimum Gasteiger partial charge on any atom is -0.481 e. The maximum Gasteiger partial charge on any atom is 0.307 e. The van der Waals surface area contributed by atoms with Crippen LogP contribution < -0.4 is 10.6 Å². The number of allylic oxidation sites excluding steroid dienone is 2. The van der Waals surface area contributed by atoms with Gasteiger partial charge in [-0.25, -0.2) is 0 Å². The number of thioether (sulfide) groups is 1. The number of benzene rings is 1. The number of hydrogen-bond donors (Lipinski definition) is 3. The third-order valence-electron chi connectivity index (χ3n) is 6.39. The van der Waals surface area contributed by atoms with E-state index in [2.05, 4.69) is 16.7 Å². The number of carbonyl (C=O) groups excluding carboxylic acids is 2. The largest absolute Gasteiger partial charge is 0.481 e. The van der Waals surface area contributed by atoms with Gasteiger partial charge in [-0.3, -0.25) is 14.4 Å². The number of aryl methyl sites for hydroxylation is 1.